The quantitative estimate of drug-likeness (QED) is 0.813. The summed E-state index contributed by atoms with van der Waals surface area (Å²) >= 11 is 3.34. The number of nitrogens with zero attached hydrogens (tertiary/aromatic N) is 1. The monoisotopic (exact) mass is 393 g/mol. The summed E-state index contributed by atoms with van der Waals surface area (Å²) in [5, 5.41) is 10.0. The van der Waals surface area contributed by atoms with Crippen LogP contribution in [0.15, 0.2) is 40.9 Å². The molecule has 1 aliphatic heterocycles. The Hall–Kier alpha value is -2.41. The molecule has 0 aromatic heterocycles. The van der Waals surface area contributed by atoms with Crippen molar-refractivity contribution in [2.45, 2.75) is 12.6 Å². The lowest BCUT2D eigenvalue weighted by atomic mass is 10.0. The highest BCUT2D eigenvalue weighted by atomic mass is 79.9. The summed E-state index contributed by atoms with van der Waals surface area (Å²) in [7, 11) is 1.18. The van der Waals surface area contributed by atoms with Crippen molar-refractivity contribution in [2.24, 2.45) is 0 Å². The number of carbonyl (C=O) groups excluding carboxylic acids is 2. The van der Waals surface area contributed by atoms with Crippen molar-refractivity contribution in [3.8, 4) is 5.75 Å². The highest BCUT2D eigenvalue weighted by molar-refractivity contribution is 9.10. The second kappa shape index (κ2) is 6.24. The maximum absolute atomic E-state index is 13.6. The Morgan fingerprint density at radius 3 is 2.79 bits per heavy atom. The summed E-state index contributed by atoms with van der Waals surface area (Å²) in [6, 6.07) is 7.18. The normalized spacial score (nSPS) is 14.5. The summed E-state index contributed by atoms with van der Waals surface area (Å²) in [6.45, 7) is 0.156. The zero-order valence-electron chi connectivity index (χ0n) is 12.6. The van der Waals surface area contributed by atoms with Crippen molar-refractivity contribution in [3.05, 3.63) is 63.4 Å². The maximum Gasteiger partial charge on any atom is 0.333 e. The number of amides is 1. The molecule has 1 atom stereocenters. The largest absolute Gasteiger partial charge is 0.508 e. The molecule has 5 nitrogen and oxygen atoms in total. The molecule has 2 aromatic carbocycles. The average molecular weight is 394 g/mol. The van der Waals surface area contributed by atoms with Gasteiger partial charge in [0.2, 0.25) is 0 Å². The van der Waals surface area contributed by atoms with E-state index in [1.807, 2.05) is 0 Å². The first-order valence-electron chi connectivity index (χ1n) is 7.08. The number of hydrogen-bond donors (Lipinski definition) is 1. The Balaban J connectivity index is 2.07. The van der Waals surface area contributed by atoms with Gasteiger partial charge in [-0.15, -0.1) is 0 Å². The summed E-state index contributed by atoms with van der Waals surface area (Å²) in [5.41, 5.74) is 1.18. The van der Waals surface area contributed by atoms with Gasteiger partial charge in [0.25, 0.3) is 5.91 Å². The van der Waals surface area contributed by atoms with Gasteiger partial charge >= 0.3 is 5.97 Å². The minimum Gasteiger partial charge on any atom is -0.508 e. The molecule has 0 spiro atoms. The highest BCUT2D eigenvalue weighted by Crippen LogP contribution is 2.36. The SMILES string of the molecule is COC(=O)C(c1cc(F)ccc1O)N1Cc2cc(Br)ccc2C1=O. The molecule has 0 fully saturated rings. The maximum atomic E-state index is 13.6. The van der Waals surface area contributed by atoms with E-state index in [0.29, 0.717) is 5.56 Å². The molecule has 24 heavy (non-hydrogen) atoms. The lowest BCUT2D eigenvalue weighted by Gasteiger charge is -2.26. The first-order chi connectivity index (χ1) is 11.4. The third-order valence-electron chi connectivity index (χ3n) is 3.92. The van der Waals surface area contributed by atoms with Gasteiger partial charge in [0, 0.05) is 22.1 Å². The van der Waals surface area contributed by atoms with E-state index in [-0.39, 0.29) is 23.8 Å². The van der Waals surface area contributed by atoms with Crippen LogP contribution in [0, 0.1) is 5.82 Å². The van der Waals surface area contributed by atoms with Crippen LogP contribution in [0.4, 0.5) is 4.39 Å². The van der Waals surface area contributed by atoms with Gasteiger partial charge in [-0.25, -0.2) is 9.18 Å². The van der Waals surface area contributed by atoms with Crippen LogP contribution in [-0.2, 0) is 16.1 Å². The van der Waals surface area contributed by atoms with E-state index in [0.717, 1.165) is 28.2 Å². The highest BCUT2D eigenvalue weighted by Gasteiger charge is 2.39. The standard InChI is InChI=1S/C17H13BrFNO4/c1-24-17(23)15(13-7-11(19)3-5-14(13)21)20-8-9-6-10(18)2-4-12(9)16(20)22/h2-7,15,21H,8H2,1H3. The molecule has 0 saturated carbocycles. The minimum absolute atomic E-state index is 0.0120. The van der Waals surface area contributed by atoms with E-state index in [1.165, 1.54) is 12.0 Å². The molecule has 1 unspecified atom stereocenters. The lowest BCUT2D eigenvalue weighted by Crippen LogP contribution is -2.35. The van der Waals surface area contributed by atoms with Crippen LogP contribution in [0.2, 0.25) is 0 Å². The number of hydrogen-bond acceptors (Lipinski definition) is 4. The number of halogens is 2. The zero-order chi connectivity index (χ0) is 17.4. The predicted octanol–water partition coefficient (Wildman–Crippen LogP) is 3.16. The Morgan fingerprint density at radius 1 is 1.33 bits per heavy atom. The molecule has 0 saturated heterocycles. The number of carbonyl (C=O) groups is 2. The molecule has 124 valence electrons. The van der Waals surface area contributed by atoms with Gasteiger partial charge in [-0.2, -0.15) is 0 Å². The summed E-state index contributed by atoms with van der Waals surface area (Å²) in [4.78, 5) is 26.2. The molecule has 0 bridgehead atoms. The molecule has 0 radical (unpaired) electrons. The van der Waals surface area contributed by atoms with Gasteiger partial charge in [-0.1, -0.05) is 15.9 Å². The van der Waals surface area contributed by atoms with Gasteiger partial charge < -0.3 is 14.7 Å². The van der Waals surface area contributed by atoms with Crippen LogP contribution >= 0.6 is 15.9 Å². The predicted molar refractivity (Wildman–Crippen MR) is 86.8 cm³/mol. The number of ether oxygens (including phenoxy) is 1. The third-order valence-corrected chi connectivity index (χ3v) is 4.41. The molecule has 0 aliphatic carbocycles. The molecular formula is C17H13BrFNO4. The van der Waals surface area contributed by atoms with E-state index >= 15 is 0 Å². The van der Waals surface area contributed by atoms with Gasteiger partial charge in [0.15, 0.2) is 6.04 Å². The number of esters is 1. The van der Waals surface area contributed by atoms with Crippen molar-refractivity contribution in [1.82, 2.24) is 4.90 Å². The van der Waals surface area contributed by atoms with Crippen LogP contribution in [0.25, 0.3) is 0 Å². The third kappa shape index (κ3) is 2.75. The number of aromatic hydroxyl groups is 1. The number of fused-ring (bicyclic) bond motifs is 1. The molecule has 3 rings (SSSR count). The molecule has 1 amide bonds. The van der Waals surface area contributed by atoms with Crippen molar-refractivity contribution in [3.63, 3.8) is 0 Å². The smallest absolute Gasteiger partial charge is 0.333 e. The number of phenols is 1. The van der Waals surface area contributed by atoms with E-state index in [2.05, 4.69) is 15.9 Å². The van der Waals surface area contributed by atoms with E-state index in [9.17, 15) is 19.1 Å². The second-order valence-electron chi connectivity index (χ2n) is 5.36. The number of benzene rings is 2. The lowest BCUT2D eigenvalue weighted by molar-refractivity contribution is -0.146. The number of rotatable bonds is 3. The fourth-order valence-electron chi connectivity index (χ4n) is 2.80. The van der Waals surface area contributed by atoms with Crippen molar-refractivity contribution in [1.29, 1.82) is 0 Å². The van der Waals surface area contributed by atoms with Crippen LogP contribution in [-0.4, -0.2) is 29.0 Å². The molecule has 7 heteroatoms. The molecule has 1 N–H and O–H groups in total. The Labute approximate surface area is 145 Å². The van der Waals surface area contributed by atoms with Crippen LogP contribution in [0.5, 0.6) is 5.75 Å². The second-order valence-corrected chi connectivity index (χ2v) is 6.28. The van der Waals surface area contributed by atoms with Gasteiger partial charge in [-0.05, 0) is 42.0 Å². The zero-order valence-corrected chi connectivity index (χ0v) is 14.2. The number of phenolic OH excluding ortho intramolecular Hbond substituents is 1. The summed E-state index contributed by atoms with van der Waals surface area (Å²) in [6.07, 6.45) is 0. The topological polar surface area (TPSA) is 66.8 Å². The Morgan fingerprint density at radius 2 is 2.08 bits per heavy atom. The van der Waals surface area contributed by atoms with Crippen LogP contribution in [0.3, 0.4) is 0 Å². The van der Waals surface area contributed by atoms with Crippen molar-refractivity contribution < 1.29 is 23.8 Å². The fourth-order valence-corrected chi connectivity index (χ4v) is 3.21. The van der Waals surface area contributed by atoms with Crippen LogP contribution < -0.4 is 0 Å². The summed E-state index contributed by atoms with van der Waals surface area (Å²) < 4.78 is 19.2. The Kier molecular flexibility index (Phi) is 4.28. The molecule has 2 aromatic rings. The van der Waals surface area contributed by atoms with Gasteiger partial charge in [-0.3, -0.25) is 4.79 Å². The average Bonchev–Trinajstić information content (AvgIpc) is 2.86. The first kappa shape index (κ1) is 16.4. The van der Waals surface area contributed by atoms with Gasteiger partial charge in [0.05, 0.1) is 7.11 Å². The van der Waals surface area contributed by atoms with E-state index in [1.54, 1.807) is 18.2 Å². The van der Waals surface area contributed by atoms with Gasteiger partial charge in [0.1, 0.15) is 11.6 Å². The van der Waals surface area contributed by atoms with Crippen LogP contribution in [0.1, 0.15) is 27.5 Å². The summed E-state index contributed by atoms with van der Waals surface area (Å²) in [5.74, 6) is -2.03. The minimum atomic E-state index is -1.23. The Bertz CT molecular complexity index is 839. The molecule has 1 heterocycles. The molecule has 1 aliphatic rings. The molecular weight excluding hydrogens is 381 g/mol. The van der Waals surface area contributed by atoms with Crippen molar-refractivity contribution in [2.75, 3.05) is 7.11 Å². The van der Waals surface area contributed by atoms with E-state index in [4.69, 9.17) is 4.74 Å². The van der Waals surface area contributed by atoms with Crippen molar-refractivity contribution >= 4 is 27.8 Å². The van der Waals surface area contributed by atoms with E-state index < -0.39 is 17.8 Å². The number of methoxy groups -OCH3 is 1. The fraction of sp³-hybridized carbons (Fsp3) is 0.176. The first-order valence-corrected chi connectivity index (χ1v) is 7.87.